The summed E-state index contributed by atoms with van der Waals surface area (Å²) in [6.45, 7) is 0.408. The summed E-state index contributed by atoms with van der Waals surface area (Å²) in [5.41, 5.74) is 1.69. The van der Waals surface area contributed by atoms with Crippen LogP contribution in [-0.2, 0) is 16.1 Å². The van der Waals surface area contributed by atoms with Crippen LogP contribution in [0, 0.1) is 0 Å². The fraction of sp³-hybridized carbons (Fsp3) is 0.231. The Labute approximate surface area is 105 Å². The zero-order valence-corrected chi connectivity index (χ0v) is 10.1. The summed E-state index contributed by atoms with van der Waals surface area (Å²) in [4.78, 5) is 12.0. The van der Waals surface area contributed by atoms with E-state index in [4.69, 9.17) is 4.74 Å². The lowest BCUT2D eigenvalue weighted by molar-refractivity contribution is -0.131. The predicted molar refractivity (Wildman–Crippen MR) is 66.6 cm³/mol. The Morgan fingerprint density at radius 1 is 1.39 bits per heavy atom. The molecule has 1 unspecified atom stereocenters. The quantitative estimate of drug-likeness (QED) is 0.837. The minimum absolute atomic E-state index is 0.168. The molecule has 0 saturated carbocycles. The molecule has 0 aliphatic carbocycles. The molecule has 0 fully saturated rings. The standard InChI is InChI=1S/C13H15N3O2/c1-18-12(10-5-3-2-4-6-10)13(17)14-9-11-7-8-15-16-11/h2-8,12H,9H2,1H3,(H,14,17)(H,15,16). The van der Waals surface area contributed by atoms with Crippen molar-refractivity contribution in [2.75, 3.05) is 7.11 Å². The van der Waals surface area contributed by atoms with Crippen LogP contribution in [0.1, 0.15) is 17.4 Å². The van der Waals surface area contributed by atoms with Crippen LogP contribution in [0.25, 0.3) is 0 Å². The molecule has 18 heavy (non-hydrogen) atoms. The monoisotopic (exact) mass is 245 g/mol. The molecule has 2 aromatic rings. The van der Waals surface area contributed by atoms with Gasteiger partial charge in [-0.1, -0.05) is 30.3 Å². The highest BCUT2D eigenvalue weighted by Crippen LogP contribution is 2.16. The summed E-state index contributed by atoms with van der Waals surface area (Å²) in [7, 11) is 1.52. The number of carbonyl (C=O) groups excluding carboxylic acids is 1. The van der Waals surface area contributed by atoms with E-state index in [0.717, 1.165) is 11.3 Å². The first-order chi connectivity index (χ1) is 8.81. The smallest absolute Gasteiger partial charge is 0.254 e. The van der Waals surface area contributed by atoms with Crippen molar-refractivity contribution in [3.05, 3.63) is 53.9 Å². The Bertz CT molecular complexity index is 482. The van der Waals surface area contributed by atoms with Gasteiger partial charge in [0.05, 0.1) is 12.2 Å². The van der Waals surface area contributed by atoms with Gasteiger partial charge in [0, 0.05) is 13.3 Å². The molecule has 0 saturated heterocycles. The molecule has 5 nitrogen and oxygen atoms in total. The van der Waals surface area contributed by atoms with Gasteiger partial charge in [0.2, 0.25) is 0 Å². The van der Waals surface area contributed by atoms with Gasteiger partial charge in [-0.15, -0.1) is 0 Å². The molecule has 1 aromatic carbocycles. The predicted octanol–water partition coefficient (Wildman–Crippen LogP) is 1.41. The number of amides is 1. The molecule has 94 valence electrons. The van der Waals surface area contributed by atoms with E-state index in [0.29, 0.717) is 6.54 Å². The van der Waals surface area contributed by atoms with Gasteiger partial charge >= 0.3 is 0 Å². The molecule has 0 aliphatic heterocycles. The van der Waals surface area contributed by atoms with Crippen molar-refractivity contribution in [3.8, 4) is 0 Å². The molecular weight excluding hydrogens is 230 g/mol. The number of nitrogens with zero attached hydrogens (tertiary/aromatic N) is 1. The highest BCUT2D eigenvalue weighted by molar-refractivity contribution is 5.82. The lowest BCUT2D eigenvalue weighted by Crippen LogP contribution is -2.30. The van der Waals surface area contributed by atoms with E-state index in [-0.39, 0.29) is 5.91 Å². The van der Waals surface area contributed by atoms with Crippen molar-refractivity contribution >= 4 is 5.91 Å². The molecule has 2 rings (SSSR count). The van der Waals surface area contributed by atoms with E-state index in [2.05, 4.69) is 15.5 Å². The van der Waals surface area contributed by atoms with E-state index in [1.54, 1.807) is 6.20 Å². The van der Waals surface area contributed by atoms with Gasteiger partial charge in [-0.05, 0) is 11.6 Å². The molecule has 1 amide bonds. The molecule has 1 atom stereocenters. The van der Waals surface area contributed by atoms with Crippen molar-refractivity contribution < 1.29 is 9.53 Å². The van der Waals surface area contributed by atoms with Gasteiger partial charge in [-0.2, -0.15) is 5.10 Å². The Hall–Kier alpha value is -2.14. The van der Waals surface area contributed by atoms with Crippen LogP contribution in [0.2, 0.25) is 0 Å². The molecule has 2 N–H and O–H groups in total. The third-order valence-electron chi connectivity index (χ3n) is 2.59. The van der Waals surface area contributed by atoms with Crippen LogP contribution in [-0.4, -0.2) is 23.2 Å². The SMILES string of the molecule is COC(C(=O)NCc1ccn[nH]1)c1ccccc1. The summed E-state index contributed by atoms with van der Waals surface area (Å²) in [5, 5.41) is 9.40. The fourth-order valence-electron chi connectivity index (χ4n) is 1.68. The van der Waals surface area contributed by atoms with Crippen LogP contribution in [0.5, 0.6) is 0 Å². The second kappa shape index (κ2) is 5.97. The van der Waals surface area contributed by atoms with Crippen LogP contribution in [0.3, 0.4) is 0 Å². The third-order valence-corrected chi connectivity index (χ3v) is 2.59. The molecule has 0 bridgehead atoms. The lowest BCUT2D eigenvalue weighted by atomic mass is 10.1. The number of rotatable bonds is 5. The number of aromatic nitrogens is 2. The number of methoxy groups -OCH3 is 1. The number of H-pyrrole nitrogens is 1. The highest BCUT2D eigenvalue weighted by Gasteiger charge is 2.19. The van der Waals surface area contributed by atoms with Crippen molar-refractivity contribution in [3.63, 3.8) is 0 Å². The number of ether oxygens (including phenoxy) is 1. The first kappa shape index (κ1) is 12.3. The molecular formula is C13H15N3O2. The van der Waals surface area contributed by atoms with Crippen LogP contribution in [0.15, 0.2) is 42.6 Å². The van der Waals surface area contributed by atoms with Crippen LogP contribution >= 0.6 is 0 Å². The first-order valence-electron chi connectivity index (χ1n) is 5.65. The topological polar surface area (TPSA) is 67.0 Å². The van der Waals surface area contributed by atoms with Gasteiger partial charge in [0.25, 0.3) is 5.91 Å². The van der Waals surface area contributed by atoms with E-state index < -0.39 is 6.10 Å². The molecule has 0 spiro atoms. The maximum Gasteiger partial charge on any atom is 0.254 e. The minimum atomic E-state index is -0.589. The number of hydrogen-bond acceptors (Lipinski definition) is 3. The van der Waals surface area contributed by atoms with Crippen molar-refractivity contribution in [1.82, 2.24) is 15.5 Å². The molecule has 5 heteroatoms. The highest BCUT2D eigenvalue weighted by atomic mass is 16.5. The number of benzene rings is 1. The summed E-state index contributed by atoms with van der Waals surface area (Å²) >= 11 is 0. The Balaban J connectivity index is 1.98. The molecule has 0 aliphatic rings. The number of hydrogen-bond donors (Lipinski definition) is 2. The average Bonchev–Trinajstić information content (AvgIpc) is 2.92. The fourth-order valence-corrected chi connectivity index (χ4v) is 1.68. The maximum atomic E-state index is 12.0. The summed E-state index contributed by atoms with van der Waals surface area (Å²) in [6.07, 6.45) is 1.06. The second-order valence-electron chi connectivity index (χ2n) is 3.83. The molecule has 1 heterocycles. The largest absolute Gasteiger partial charge is 0.367 e. The number of carbonyl (C=O) groups is 1. The van der Waals surface area contributed by atoms with E-state index in [1.807, 2.05) is 36.4 Å². The van der Waals surface area contributed by atoms with Gasteiger partial charge in [0.1, 0.15) is 0 Å². The summed E-state index contributed by atoms with van der Waals surface area (Å²) in [5.74, 6) is -0.168. The summed E-state index contributed by atoms with van der Waals surface area (Å²) < 4.78 is 5.23. The lowest BCUT2D eigenvalue weighted by Gasteiger charge is -2.15. The normalized spacial score (nSPS) is 12.1. The third kappa shape index (κ3) is 2.95. The zero-order valence-electron chi connectivity index (χ0n) is 10.1. The molecule has 0 radical (unpaired) electrons. The van der Waals surface area contributed by atoms with Crippen molar-refractivity contribution in [2.45, 2.75) is 12.6 Å². The number of nitrogens with one attached hydrogen (secondary N) is 2. The summed E-state index contributed by atoms with van der Waals surface area (Å²) in [6, 6.07) is 11.2. The average molecular weight is 245 g/mol. The van der Waals surface area contributed by atoms with Crippen LogP contribution in [0.4, 0.5) is 0 Å². The Morgan fingerprint density at radius 3 is 2.78 bits per heavy atom. The van der Waals surface area contributed by atoms with Gasteiger partial charge in [0.15, 0.2) is 6.10 Å². The second-order valence-corrected chi connectivity index (χ2v) is 3.83. The van der Waals surface area contributed by atoms with E-state index in [1.165, 1.54) is 7.11 Å². The minimum Gasteiger partial charge on any atom is -0.367 e. The molecule has 1 aromatic heterocycles. The van der Waals surface area contributed by atoms with E-state index >= 15 is 0 Å². The Kier molecular flexibility index (Phi) is 4.09. The maximum absolute atomic E-state index is 12.0. The van der Waals surface area contributed by atoms with E-state index in [9.17, 15) is 4.79 Å². The first-order valence-corrected chi connectivity index (χ1v) is 5.65. The van der Waals surface area contributed by atoms with Crippen molar-refractivity contribution in [1.29, 1.82) is 0 Å². The van der Waals surface area contributed by atoms with Gasteiger partial charge in [-0.25, -0.2) is 0 Å². The number of aromatic amines is 1. The zero-order chi connectivity index (χ0) is 12.8. The Morgan fingerprint density at radius 2 is 2.17 bits per heavy atom. The van der Waals surface area contributed by atoms with Gasteiger partial charge < -0.3 is 10.1 Å². The van der Waals surface area contributed by atoms with Gasteiger partial charge in [-0.3, -0.25) is 9.89 Å². The van der Waals surface area contributed by atoms with Crippen molar-refractivity contribution in [2.24, 2.45) is 0 Å². The van der Waals surface area contributed by atoms with Crippen LogP contribution < -0.4 is 5.32 Å².